The first-order valence-electron chi connectivity index (χ1n) is 10.5. The Bertz CT molecular complexity index is 1050. The van der Waals surface area contributed by atoms with Crippen molar-refractivity contribution in [2.24, 2.45) is 12.0 Å². The average Bonchev–Trinajstić information content (AvgIpc) is 3.40. The van der Waals surface area contributed by atoms with E-state index in [9.17, 15) is 4.79 Å². The van der Waals surface area contributed by atoms with Crippen LogP contribution in [0.2, 0.25) is 0 Å². The molecule has 3 heterocycles. The molecule has 0 spiro atoms. The van der Waals surface area contributed by atoms with Gasteiger partial charge in [-0.3, -0.25) is 9.48 Å². The number of nitrogens with one attached hydrogen (secondary N) is 1. The summed E-state index contributed by atoms with van der Waals surface area (Å²) in [6.45, 7) is 5.53. The average molecular weight is 548 g/mol. The first kappa shape index (κ1) is 23.8. The third-order valence-corrected chi connectivity index (χ3v) is 5.23. The fourth-order valence-electron chi connectivity index (χ4n) is 3.66. The number of hydrogen-bond donors (Lipinski definition) is 1. The van der Waals surface area contributed by atoms with Gasteiger partial charge in [0.05, 0.1) is 11.9 Å². The minimum absolute atomic E-state index is 0. The molecule has 0 unspecified atom stereocenters. The lowest BCUT2D eigenvalue weighted by atomic mass is 10.2. The molecule has 1 aromatic carbocycles. The molecule has 0 bridgehead atoms. The van der Waals surface area contributed by atoms with Gasteiger partial charge in [-0.2, -0.15) is 5.10 Å². The monoisotopic (exact) mass is 548 g/mol. The number of guanidine groups is 1. The van der Waals surface area contributed by atoms with Crippen LogP contribution in [0.5, 0.6) is 0 Å². The van der Waals surface area contributed by atoms with E-state index in [1.807, 2.05) is 49.5 Å². The van der Waals surface area contributed by atoms with Crippen LogP contribution in [-0.2, 0) is 24.9 Å². The molecule has 0 saturated carbocycles. The second-order valence-corrected chi connectivity index (χ2v) is 7.47. The molecule has 3 aromatic rings. The number of aliphatic imine (C=N–C) groups is 1. The van der Waals surface area contributed by atoms with Gasteiger partial charge in [-0.15, -0.1) is 24.0 Å². The Hall–Kier alpha value is -2.89. The summed E-state index contributed by atoms with van der Waals surface area (Å²) in [5.74, 6) is 1.66. The highest BCUT2D eigenvalue weighted by Gasteiger charge is 2.27. The molecular weight excluding hydrogens is 519 g/mol. The summed E-state index contributed by atoms with van der Waals surface area (Å²) in [4.78, 5) is 25.8. The first-order chi connectivity index (χ1) is 15.1. The molecule has 0 atom stereocenters. The quantitative estimate of drug-likeness (QED) is 0.290. The van der Waals surface area contributed by atoms with Crippen molar-refractivity contribution in [1.29, 1.82) is 0 Å². The number of halogens is 1. The standard InChI is InChI=1S/C22H28N8O.HI/c1-3-23-22(29-11-12-30(21(31)17-29)19-13-26-27(2)16-19)25-14-20-24-9-10-28(20)15-18-7-5-4-6-8-18;/h4-10,13,16H,3,11-12,14-15,17H2,1-2H3,(H,23,25);1H. The van der Waals surface area contributed by atoms with E-state index in [0.29, 0.717) is 19.6 Å². The highest BCUT2D eigenvalue weighted by atomic mass is 127. The van der Waals surface area contributed by atoms with E-state index in [0.717, 1.165) is 30.6 Å². The normalized spacial score (nSPS) is 14.4. The molecule has 2 aromatic heterocycles. The van der Waals surface area contributed by atoms with Crippen LogP contribution in [0.15, 0.2) is 60.1 Å². The van der Waals surface area contributed by atoms with Gasteiger partial charge in [-0.1, -0.05) is 30.3 Å². The lowest BCUT2D eigenvalue weighted by Crippen LogP contribution is -2.55. The maximum atomic E-state index is 12.8. The van der Waals surface area contributed by atoms with Crippen LogP contribution in [0.1, 0.15) is 18.3 Å². The van der Waals surface area contributed by atoms with Crippen molar-refractivity contribution >= 4 is 41.5 Å². The van der Waals surface area contributed by atoms with Crippen LogP contribution in [0.4, 0.5) is 5.69 Å². The minimum atomic E-state index is 0. The van der Waals surface area contributed by atoms with E-state index in [2.05, 4.69) is 32.1 Å². The predicted molar refractivity (Wildman–Crippen MR) is 135 cm³/mol. The largest absolute Gasteiger partial charge is 0.356 e. The molecule has 0 radical (unpaired) electrons. The number of aromatic nitrogens is 4. The van der Waals surface area contributed by atoms with Gasteiger partial charge in [0.15, 0.2) is 5.96 Å². The Morgan fingerprint density at radius 3 is 2.72 bits per heavy atom. The topological polar surface area (TPSA) is 83.6 Å². The Kier molecular flexibility index (Phi) is 8.26. The fraction of sp³-hybridized carbons (Fsp3) is 0.364. The Labute approximate surface area is 205 Å². The Morgan fingerprint density at radius 1 is 1.22 bits per heavy atom. The zero-order valence-electron chi connectivity index (χ0n) is 18.4. The molecule has 32 heavy (non-hydrogen) atoms. The van der Waals surface area contributed by atoms with E-state index < -0.39 is 0 Å². The molecule has 170 valence electrons. The molecule has 1 fully saturated rings. The van der Waals surface area contributed by atoms with E-state index in [1.165, 1.54) is 5.56 Å². The summed E-state index contributed by atoms with van der Waals surface area (Å²) >= 11 is 0. The molecule has 1 aliphatic rings. The van der Waals surface area contributed by atoms with Crippen LogP contribution in [-0.4, -0.2) is 62.3 Å². The lowest BCUT2D eigenvalue weighted by Gasteiger charge is -2.35. The van der Waals surface area contributed by atoms with E-state index in [-0.39, 0.29) is 36.4 Å². The number of aryl methyl sites for hydroxylation is 1. The van der Waals surface area contributed by atoms with Crippen molar-refractivity contribution in [3.8, 4) is 0 Å². The number of hydrogen-bond acceptors (Lipinski definition) is 4. The second-order valence-electron chi connectivity index (χ2n) is 7.47. The summed E-state index contributed by atoms with van der Waals surface area (Å²) in [5, 5.41) is 7.48. The summed E-state index contributed by atoms with van der Waals surface area (Å²) in [5.41, 5.74) is 2.05. The van der Waals surface area contributed by atoms with Crippen LogP contribution >= 0.6 is 24.0 Å². The number of imidazole rings is 1. The predicted octanol–water partition coefficient (Wildman–Crippen LogP) is 2.10. The van der Waals surface area contributed by atoms with Gasteiger partial charge >= 0.3 is 0 Å². The second kappa shape index (κ2) is 11.1. The van der Waals surface area contributed by atoms with E-state index in [4.69, 9.17) is 4.99 Å². The zero-order chi connectivity index (χ0) is 21.6. The molecular formula is C22H29IN8O. The van der Waals surface area contributed by atoms with Crippen molar-refractivity contribution in [2.75, 3.05) is 31.1 Å². The highest BCUT2D eigenvalue weighted by Crippen LogP contribution is 2.16. The van der Waals surface area contributed by atoms with E-state index in [1.54, 1.807) is 22.0 Å². The third-order valence-electron chi connectivity index (χ3n) is 5.23. The van der Waals surface area contributed by atoms with Gasteiger partial charge < -0.3 is 19.7 Å². The molecule has 1 amide bonds. The van der Waals surface area contributed by atoms with Crippen molar-refractivity contribution in [1.82, 2.24) is 29.5 Å². The van der Waals surface area contributed by atoms with Gasteiger partial charge in [0.25, 0.3) is 0 Å². The molecule has 1 saturated heterocycles. The van der Waals surface area contributed by atoms with Crippen LogP contribution < -0.4 is 10.2 Å². The number of nitrogens with zero attached hydrogens (tertiary/aromatic N) is 7. The number of piperazine rings is 1. The van der Waals surface area contributed by atoms with Gasteiger partial charge in [-0.25, -0.2) is 9.98 Å². The zero-order valence-corrected chi connectivity index (χ0v) is 20.7. The summed E-state index contributed by atoms with van der Waals surface area (Å²) < 4.78 is 3.81. The van der Waals surface area contributed by atoms with Crippen LogP contribution in [0.25, 0.3) is 0 Å². The smallest absolute Gasteiger partial charge is 0.246 e. The fourth-order valence-corrected chi connectivity index (χ4v) is 3.66. The lowest BCUT2D eigenvalue weighted by molar-refractivity contribution is -0.120. The maximum absolute atomic E-state index is 12.8. The van der Waals surface area contributed by atoms with Crippen molar-refractivity contribution in [2.45, 2.75) is 20.0 Å². The summed E-state index contributed by atoms with van der Waals surface area (Å²) in [6.07, 6.45) is 7.36. The van der Waals surface area contributed by atoms with Crippen LogP contribution in [0, 0.1) is 0 Å². The summed E-state index contributed by atoms with van der Waals surface area (Å²) in [7, 11) is 1.85. The summed E-state index contributed by atoms with van der Waals surface area (Å²) in [6, 6.07) is 10.3. The number of carbonyl (C=O) groups is 1. The number of benzene rings is 1. The van der Waals surface area contributed by atoms with Gasteiger partial charge in [-0.05, 0) is 12.5 Å². The van der Waals surface area contributed by atoms with Crippen molar-refractivity contribution in [3.05, 3.63) is 66.5 Å². The van der Waals surface area contributed by atoms with Crippen molar-refractivity contribution in [3.63, 3.8) is 0 Å². The Balaban J connectivity index is 0.00000289. The highest BCUT2D eigenvalue weighted by molar-refractivity contribution is 14.0. The Morgan fingerprint density at radius 2 is 2.03 bits per heavy atom. The third kappa shape index (κ3) is 5.67. The number of amides is 1. The SMILES string of the molecule is CCNC(=NCc1nccn1Cc1ccccc1)N1CCN(c2cnn(C)c2)C(=O)C1.I. The minimum Gasteiger partial charge on any atom is -0.356 e. The van der Waals surface area contributed by atoms with Crippen LogP contribution in [0.3, 0.4) is 0 Å². The first-order valence-corrected chi connectivity index (χ1v) is 10.5. The molecule has 9 nitrogen and oxygen atoms in total. The van der Waals surface area contributed by atoms with Gasteiger partial charge in [0.1, 0.15) is 18.9 Å². The number of anilines is 1. The number of rotatable bonds is 6. The molecule has 4 rings (SSSR count). The number of carbonyl (C=O) groups excluding carboxylic acids is 1. The molecule has 0 aliphatic carbocycles. The molecule has 10 heteroatoms. The van der Waals surface area contributed by atoms with Gasteiger partial charge in [0.2, 0.25) is 5.91 Å². The van der Waals surface area contributed by atoms with Gasteiger partial charge in [0, 0.05) is 51.8 Å². The maximum Gasteiger partial charge on any atom is 0.246 e. The van der Waals surface area contributed by atoms with Crippen molar-refractivity contribution < 1.29 is 4.79 Å². The molecule has 1 N–H and O–H groups in total. The molecule has 1 aliphatic heterocycles. The van der Waals surface area contributed by atoms with E-state index >= 15 is 0 Å².